The zero-order valence-electron chi connectivity index (χ0n) is 44.2. The van der Waals surface area contributed by atoms with Crippen molar-refractivity contribution in [3.8, 4) is 0 Å². The molecule has 400 valence electrons. The Morgan fingerprint density at radius 3 is 1.09 bits per heavy atom. The van der Waals surface area contributed by atoms with Gasteiger partial charge in [-0.05, 0) is 127 Å². The minimum atomic E-state index is -4.02. The van der Waals surface area contributed by atoms with Crippen LogP contribution in [0.15, 0.2) is 0 Å². The summed E-state index contributed by atoms with van der Waals surface area (Å²) in [5.41, 5.74) is 0.410. The summed E-state index contributed by atoms with van der Waals surface area (Å²) in [6.07, 6.45) is 41.6. The van der Waals surface area contributed by atoms with Crippen molar-refractivity contribution in [1.29, 1.82) is 0 Å². The first-order chi connectivity index (χ1) is 34.1. The molecule has 11 aliphatic rings. The van der Waals surface area contributed by atoms with E-state index in [9.17, 15) is 0 Å². The van der Waals surface area contributed by atoms with E-state index in [2.05, 4.69) is 20.0 Å². The first kappa shape index (κ1) is 53.3. The molecule has 11 fully saturated rings. The third-order valence-corrected chi connectivity index (χ3v) is 56.6. The molecule has 0 aromatic carbocycles. The Kier molecular flexibility index (Phi) is 17.4. The highest BCUT2D eigenvalue weighted by Gasteiger charge is 2.80. The quantitative estimate of drug-likeness (QED) is 0.184. The summed E-state index contributed by atoms with van der Waals surface area (Å²) < 4.78 is 100. The van der Waals surface area contributed by atoms with Gasteiger partial charge >= 0.3 is 62.6 Å². The smallest absolute Gasteiger partial charge is 0.411 e. The highest BCUT2D eigenvalue weighted by atomic mass is 28.6. The normalized spacial score (nSPS) is 41.5. The van der Waals surface area contributed by atoms with E-state index in [-0.39, 0.29) is 27.7 Å². The first-order valence-corrected chi connectivity index (χ1v) is 45.5. The van der Waals surface area contributed by atoms with Gasteiger partial charge in [0.1, 0.15) is 0 Å². The van der Waals surface area contributed by atoms with Crippen molar-refractivity contribution in [2.75, 3.05) is 13.2 Å². The summed E-state index contributed by atoms with van der Waals surface area (Å²) in [6, 6.07) is 0. The molecule has 4 unspecified atom stereocenters. The van der Waals surface area contributed by atoms with Gasteiger partial charge < -0.3 is 50.6 Å². The van der Waals surface area contributed by atoms with E-state index in [1.54, 1.807) is 0 Å². The van der Waals surface area contributed by atoms with Crippen LogP contribution in [0, 0.1) is 0 Å². The van der Waals surface area contributed by atoms with Gasteiger partial charge in [0.05, 0.1) is 13.2 Å². The Bertz CT molecular complexity index is 1610. The summed E-state index contributed by atoms with van der Waals surface area (Å²) in [5, 5.41) is 0. The predicted octanol–water partition coefficient (Wildman–Crippen LogP) is 14.0. The minimum Gasteiger partial charge on any atom is -0.411 e. The zero-order valence-corrected chi connectivity index (χ0v) is 52.5. The molecule has 4 atom stereocenters. The van der Waals surface area contributed by atoms with Crippen molar-refractivity contribution in [3.63, 3.8) is 0 Å². The van der Waals surface area contributed by atoms with Crippen LogP contribution in [-0.4, -0.2) is 89.5 Å². The lowest BCUT2D eigenvalue weighted by atomic mass is 10.0. The summed E-state index contributed by atoms with van der Waals surface area (Å²) in [6.45, 7) is 8.29. The SMILES string of the molecule is CCC1([Si](C)(C)O[Si]2(C3CCCCC3)O[Si]3(C4CCCCC4)O[SiH](C4CCCCC4)O[Si]4(C5CCCCC5)O[SiH](C5CCCCC5)O[Si](C5CCCCC5)(O[Si](C5CCCCC5)(O4)O3)O2)OCCCO1. The molecule has 4 aliphatic heterocycles. The molecule has 20 heteroatoms. The molecular weight excluding hydrogens is 1020 g/mol. The van der Waals surface area contributed by atoms with Crippen molar-refractivity contribution in [2.45, 2.75) is 302 Å². The molecule has 0 radical (unpaired) electrons. The Morgan fingerprint density at radius 2 is 0.700 bits per heavy atom. The largest absolute Gasteiger partial charge is 0.482 e. The zero-order chi connectivity index (χ0) is 47.8. The molecule has 4 saturated heterocycles. The van der Waals surface area contributed by atoms with Gasteiger partial charge in [0, 0.05) is 27.7 Å². The van der Waals surface area contributed by atoms with Crippen LogP contribution in [0.3, 0.4) is 0 Å². The lowest BCUT2D eigenvalue weighted by Crippen LogP contribution is -2.83. The fraction of sp³-hybridized carbons (Fsp3) is 1.00. The average Bonchev–Trinajstić information content (AvgIpc) is 3.40. The predicted molar refractivity (Wildman–Crippen MR) is 289 cm³/mol. The standard InChI is InChI=1S/C50H96O12Si8/c1-4-50(51-41-26-42-52-50)65(2,3)57-69(48-37-22-10-23-38-48)59-67(46-33-18-8-19-34-46)55-63(43-27-12-5-13-28-43)53-66(45-31-16-7-17-32-45)54-64(44-29-14-6-15-30-44)56-68(60-69,47-35-20-9-21-36-47)62-70(58-66,61-67)49-39-24-11-25-40-49/h43-49,63-64H,4-42H2,1-3H3. The second-order valence-corrected chi connectivity index (χ2v) is 50.9. The molecule has 7 aliphatic carbocycles. The van der Waals surface area contributed by atoms with E-state index < -0.39 is 76.3 Å². The van der Waals surface area contributed by atoms with Gasteiger partial charge in [-0.15, -0.1) is 0 Å². The van der Waals surface area contributed by atoms with Gasteiger partial charge in [-0.25, -0.2) is 0 Å². The number of ether oxygens (including phenoxy) is 2. The molecule has 11 rings (SSSR count). The van der Waals surface area contributed by atoms with E-state index in [0.29, 0.717) is 30.7 Å². The molecule has 12 nitrogen and oxygen atoms in total. The van der Waals surface area contributed by atoms with E-state index in [1.165, 1.54) is 83.5 Å². The molecule has 0 amide bonds. The summed E-state index contributed by atoms with van der Waals surface area (Å²) in [4.78, 5) is 0. The van der Waals surface area contributed by atoms with Crippen molar-refractivity contribution in [2.24, 2.45) is 0 Å². The van der Waals surface area contributed by atoms with Crippen LogP contribution in [0.1, 0.15) is 244 Å². The van der Waals surface area contributed by atoms with Crippen molar-refractivity contribution >= 4 is 70.9 Å². The molecule has 4 bridgehead atoms. The van der Waals surface area contributed by atoms with Crippen LogP contribution in [0.25, 0.3) is 0 Å². The molecule has 7 saturated carbocycles. The van der Waals surface area contributed by atoms with Crippen LogP contribution in [0.4, 0.5) is 0 Å². The number of rotatable bonds is 11. The van der Waals surface area contributed by atoms with Gasteiger partial charge in [0.2, 0.25) is 8.32 Å². The van der Waals surface area contributed by atoms with Crippen molar-refractivity contribution in [1.82, 2.24) is 0 Å². The van der Waals surface area contributed by atoms with Crippen molar-refractivity contribution in [3.05, 3.63) is 0 Å². The van der Waals surface area contributed by atoms with Crippen LogP contribution >= 0.6 is 0 Å². The first-order valence-electron chi connectivity index (χ1n) is 30.3. The summed E-state index contributed by atoms with van der Waals surface area (Å²) >= 11 is 0. The molecule has 4 heterocycles. The van der Waals surface area contributed by atoms with Crippen LogP contribution in [0.2, 0.25) is 51.9 Å². The Labute approximate surface area is 434 Å². The van der Waals surface area contributed by atoms with Gasteiger partial charge in [0.15, 0.2) is 5.41 Å². The molecule has 70 heavy (non-hydrogen) atoms. The average molecular weight is 1110 g/mol. The van der Waals surface area contributed by atoms with Gasteiger partial charge in [-0.1, -0.05) is 142 Å². The number of hydrogen-bond donors (Lipinski definition) is 0. The monoisotopic (exact) mass is 1110 g/mol. The third kappa shape index (κ3) is 10.7. The van der Waals surface area contributed by atoms with Gasteiger partial charge in [0.25, 0.3) is 0 Å². The minimum absolute atomic E-state index is 0.0636. The molecule has 0 aromatic heterocycles. The van der Waals surface area contributed by atoms with Crippen LogP contribution in [0.5, 0.6) is 0 Å². The molecular formula is C50H96O12Si8. The molecule has 0 aromatic rings. The maximum atomic E-state index is 8.86. The molecule has 0 N–H and O–H groups in total. The number of fused-ring (bicyclic) bond motifs is 3. The fourth-order valence-corrected chi connectivity index (χ4v) is 65.3. The number of hydrogen-bond acceptors (Lipinski definition) is 12. The Balaban J connectivity index is 1.19. The summed E-state index contributed by atoms with van der Waals surface area (Å²) in [5.74, 6) is 0. The lowest BCUT2D eigenvalue weighted by Gasteiger charge is -2.62. The van der Waals surface area contributed by atoms with E-state index in [1.807, 2.05) is 0 Å². The summed E-state index contributed by atoms with van der Waals surface area (Å²) in [7, 11) is -27.8. The van der Waals surface area contributed by atoms with Gasteiger partial charge in [-0.3, -0.25) is 0 Å². The van der Waals surface area contributed by atoms with Gasteiger partial charge in [-0.2, -0.15) is 0 Å². The van der Waals surface area contributed by atoms with Crippen molar-refractivity contribution < 1.29 is 50.6 Å². The topological polar surface area (TPSA) is 111 Å². The van der Waals surface area contributed by atoms with E-state index in [0.717, 1.165) is 148 Å². The fourth-order valence-electron chi connectivity index (χ4n) is 15.8. The second kappa shape index (κ2) is 22.9. The second-order valence-electron chi connectivity index (χ2n) is 25.0. The highest BCUT2D eigenvalue weighted by Crippen LogP contribution is 2.60. The molecule has 0 spiro atoms. The maximum Gasteiger partial charge on any atom is 0.482 e. The van der Waals surface area contributed by atoms with Crippen LogP contribution < -0.4 is 0 Å². The van der Waals surface area contributed by atoms with E-state index in [4.69, 9.17) is 50.6 Å². The Hall–Kier alpha value is 1.26. The maximum absolute atomic E-state index is 8.86. The van der Waals surface area contributed by atoms with E-state index >= 15 is 0 Å². The lowest BCUT2D eigenvalue weighted by molar-refractivity contribution is -0.227. The highest BCUT2D eigenvalue weighted by molar-refractivity contribution is 6.99. The van der Waals surface area contributed by atoms with Crippen LogP contribution in [-0.2, 0) is 50.6 Å². The Morgan fingerprint density at radius 1 is 0.386 bits per heavy atom. The third-order valence-electron chi connectivity index (χ3n) is 19.9.